The first-order valence-electron chi connectivity index (χ1n) is 5.86. The lowest BCUT2D eigenvalue weighted by atomic mass is 10.2. The molecule has 0 aliphatic heterocycles. The second-order valence-corrected chi connectivity index (χ2v) is 3.72. The van der Waals surface area contributed by atoms with Crippen LogP contribution < -0.4 is 10.1 Å². The molecule has 0 saturated heterocycles. The number of hydrogen-bond acceptors (Lipinski definition) is 4. The zero-order valence-electron chi connectivity index (χ0n) is 10.7. The van der Waals surface area contributed by atoms with Crippen molar-refractivity contribution in [1.29, 1.82) is 0 Å². The Morgan fingerprint density at radius 1 is 1.44 bits per heavy atom. The van der Waals surface area contributed by atoms with E-state index in [0.717, 1.165) is 12.1 Å². The Morgan fingerprint density at radius 3 is 2.83 bits per heavy atom. The maximum Gasteiger partial charge on any atom is 0.308 e. The molecular weight excluding hydrogens is 237 g/mol. The molecule has 4 nitrogen and oxygen atoms in total. The Labute approximate surface area is 106 Å². The van der Waals surface area contributed by atoms with Gasteiger partial charge in [-0.15, -0.1) is 0 Å². The average Bonchev–Trinajstić information content (AvgIpc) is 2.38. The molecule has 0 bridgehead atoms. The van der Waals surface area contributed by atoms with Crippen molar-refractivity contribution in [2.45, 2.75) is 19.9 Å². The van der Waals surface area contributed by atoms with Crippen LogP contribution in [-0.2, 0) is 16.1 Å². The van der Waals surface area contributed by atoms with E-state index in [-0.39, 0.29) is 24.7 Å². The predicted octanol–water partition coefficient (Wildman–Crippen LogP) is 1.88. The molecule has 0 aromatic heterocycles. The summed E-state index contributed by atoms with van der Waals surface area (Å²) in [4.78, 5) is 10.9. The second kappa shape index (κ2) is 7.66. The Bertz CT molecular complexity index is 396. The van der Waals surface area contributed by atoms with E-state index in [1.807, 2.05) is 6.92 Å². The van der Waals surface area contributed by atoms with Crippen LogP contribution in [0.15, 0.2) is 18.2 Å². The summed E-state index contributed by atoms with van der Waals surface area (Å²) in [6, 6.07) is 4.79. The van der Waals surface area contributed by atoms with Gasteiger partial charge in [-0.2, -0.15) is 0 Å². The fourth-order valence-electron chi connectivity index (χ4n) is 1.39. The number of nitrogens with one attached hydrogen (secondary N) is 1. The minimum Gasteiger partial charge on any atom is -0.490 e. The lowest BCUT2D eigenvalue weighted by molar-refractivity contribution is -0.141. The van der Waals surface area contributed by atoms with Gasteiger partial charge in [-0.05, 0) is 24.2 Å². The highest BCUT2D eigenvalue weighted by Gasteiger charge is 2.06. The van der Waals surface area contributed by atoms with E-state index >= 15 is 0 Å². The quantitative estimate of drug-likeness (QED) is 0.756. The Morgan fingerprint density at radius 2 is 2.22 bits per heavy atom. The Balaban J connectivity index is 2.49. The van der Waals surface area contributed by atoms with Gasteiger partial charge in [-0.1, -0.05) is 13.0 Å². The van der Waals surface area contributed by atoms with E-state index in [1.165, 1.54) is 13.2 Å². The lowest BCUT2D eigenvalue weighted by Crippen LogP contribution is -2.12. The molecule has 1 aromatic rings. The van der Waals surface area contributed by atoms with E-state index in [0.29, 0.717) is 6.54 Å². The number of carbonyl (C=O) groups excluding carboxylic acids is 1. The number of halogens is 1. The summed E-state index contributed by atoms with van der Waals surface area (Å²) in [5.74, 6) is -0.645. The van der Waals surface area contributed by atoms with E-state index in [9.17, 15) is 9.18 Å². The first kappa shape index (κ1) is 14.4. The molecule has 0 saturated carbocycles. The van der Waals surface area contributed by atoms with Crippen LogP contribution in [0.25, 0.3) is 0 Å². The summed E-state index contributed by atoms with van der Waals surface area (Å²) in [6.07, 6.45) is 0.106. The van der Waals surface area contributed by atoms with Crippen molar-refractivity contribution in [1.82, 2.24) is 5.32 Å². The largest absolute Gasteiger partial charge is 0.490 e. The first-order valence-corrected chi connectivity index (χ1v) is 5.86. The van der Waals surface area contributed by atoms with Gasteiger partial charge < -0.3 is 14.8 Å². The summed E-state index contributed by atoms with van der Waals surface area (Å²) in [6.45, 7) is 3.55. The topological polar surface area (TPSA) is 47.6 Å². The standard InChI is InChI=1S/C13H18FNO3/c1-3-15-9-10-4-5-12(11(14)8-10)18-7-6-13(16)17-2/h4-5,8,15H,3,6-7,9H2,1-2H3. The van der Waals surface area contributed by atoms with Gasteiger partial charge >= 0.3 is 5.97 Å². The van der Waals surface area contributed by atoms with Crippen molar-refractivity contribution >= 4 is 5.97 Å². The van der Waals surface area contributed by atoms with Gasteiger partial charge in [0.1, 0.15) is 0 Å². The molecule has 0 amide bonds. The third kappa shape index (κ3) is 4.71. The van der Waals surface area contributed by atoms with Gasteiger partial charge in [0.15, 0.2) is 11.6 Å². The molecule has 5 heteroatoms. The van der Waals surface area contributed by atoms with Crippen LogP contribution in [0.2, 0.25) is 0 Å². The smallest absolute Gasteiger partial charge is 0.308 e. The summed E-state index contributed by atoms with van der Waals surface area (Å²) in [5.41, 5.74) is 0.856. The van der Waals surface area contributed by atoms with Gasteiger partial charge in [0.05, 0.1) is 20.1 Å². The second-order valence-electron chi connectivity index (χ2n) is 3.72. The van der Waals surface area contributed by atoms with Crippen LogP contribution >= 0.6 is 0 Å². The monoisotopic (exact) mass is 255 g/mol. The molecule has 1 rings (SSSR count). The summed E-state index contributed by atoms with van der Waals surface area (Å²) >= 11 is 0. The molecule has 0 aliphatic carbocycles. The number of hydrogen-bond donors (Lipinski definition) is 1. The van der Waals surface area contributed by atoms with Gasteiger partial charge in [0.25, 0.3) is 0 Å². The molecule has 100 valence electrons. The van der Waals surface area contributed by atoms with Crippen molar-refractivity contribution in [2.24, 2.45) is 0 Å². The zero-order valence-corrected chi connectivity index (χ0v) is 10.7. The van der Waals surface area contributed by atoms with Crippen molar-refractivity contribution in [3.63, 3.8) is 0 Å². The normalized spacial score (nSPS) is 10.2. The molecule has 1 aromatic carbocycles. The number of carbonyl (C=O) groups is 1. The van der Waals surface area contributed by atoms with Gasteiger partial charge in [0.2, 0.25) is 0 Å². The van der Waals surface area contributed by atoms with Crippen molar-refractivity contribution in [3.8, 4) is 5.75 Å². The van der Waals surface area contributed by atoms with Crippen molar-refractivity contribution < 1.29 is 18.7 Å². The fourth-order valence-corrected chi connectivity index (χ4v) is 1.39. The van der Waals surface area contributed by atoms with Gasteiger partial charge in [-0.3, -0.25) is 4.79 Å². The molecule has 0 radical (unpaired) electrons. The highest BCUT2D eigenvalue weighted by molar-refractivity contribution is 5.69. The third-order valence-electron chi connectivity index (χ3n) is 2.37. The molecule has 0 atom stereocenters. The highest BCUT2D eigenvalue weighted by atomic mass is 19.1. The summed E-state index contributed by atoms with van der Waals surface area (Å²) in [7, 11) is 1.30. The minimum atomic E-state index is -0.421. The van der Waals surface area contributed by atoms with Crippen LogP contribution in [0.1, 0.15) is 18.9 Å². The molecule has 18 heavy (non-hydrogen) atoms. The average molecular weight is 255 g/mol. The first-order chi connectivity index (χ1) is 8.67. The third-order valence-corrected chi connectivity index (χ3v) is 2.37. The fraction of sp³-hybridized carbons (Fsp3) is 0.462. The van der Waals surface area contributed by atoms with E-state index in [2.05, 4.69) is 10.1 Å². The van der Waals surface area contributed by atoms with Crippen molar-refractivity contribution in [3.05, 3.63) is 29.6 Å². The number of benzene rings is 1. The zero-order chi connectivity index (χ0) is 13.4. The summed E-state index contributed by atoms with van der Waals surface area (Å²) < 4.78 is 23.2. The Kier molecular flexibility index (Phi) is 6.14. The van der Waals surface area contributed by atoms with Crippen LogP contribution in [0.3, 0.4) is 0 Å². The molecular formula is C13H18FNO3. The Hall–Kier alpha value is -1.62. The van der Waals surface area contributed by atoms with E-state index in [4.69, 9.17) is 4.74 Å². The van der Waals surface area contributed by atoms with Gasteiger partial charge in [-0.25, -0.2) is 4.39 Å². The van der Waals surface area contributed by atoms with Gasteiger partial charge in [0, 0.05) is 6.54 Å². The van der Waals surface area contributed by atoms with Crippen LogP contribution in [0.4, 0.5) is 4.39 Å². The predicted molar refractivity (Wildman–Crippen MR) is 65.9 cm³/mol. The van der Waals surface area contributed by atoms with E-state index in [1.54, 1.807) is 12.1 Å². The highest BCUT2D eigenvalue weighted by Crippen LogP contribution is 2.18. The molecule has 0 fully saturated rings. The molecule has 0 unspecified atom stereocenters. The number of esters is 1. The molecule has 0 aliphatic rings. The minimum absolute atomic E-state index is 0.106. The molecule has 1 N–H and O–H groups in total. The summed E-state index contributed by atoms with van der Waals surface area (Å²) in [5, 5.41) is 3.11. The maximum atomic E-state index is 13.6. The molecule has 0 heterocycles. The number of methoxy groups -OCH3 is 1. The molecule has 0 spiro atoms. The van der Waals surface area contributed by atoms with Crippen molar-refractivity contribution in [2.75, 3.05) is 20.3 Å². The SMILES string of the molecule is CCNCc1ccc(OCCC(=O)OC)c(F)c1. The van der Waals surface area contributed by atoms with E-state index < -0.39 is 5.82 Å². The van der Waals surface area contributed by atoms with Crippen LogP contribution in [-0.4, -0.2) is 26.2 Å². The maximum absolute atomic E-state index is 13.6. The number of ether oxygens (including phenoxy) is 2. The van der Waals surface area contributed by atoms with Crippen LogP contribution in [0, 0.1) is 5.82 Å². The number of rotatable bonds is 7. The lowest BCUT2D eigenvalue weighted by Gasteiger charge is -2.08. The van der Waals surface area contributed by atoms with Crippen LogP contribution in [0.5, 0.6) is 5.75 Å².